The minimum absolute atomic E-state index is 0.0419. The Kier molecular flexibility index (Phi) is 5.17. The van der Waals surface area contributed by atoms with Gasteiger partial charge in [-0.25, -0.2) is 9.97 Å². The van der Waals surface area contributed by atoms with E-state index in [-0.39, 0.29) is 17.9 Å². The fourth-order valence-corrected chi connectivity index (χ4v) is 3.75. The largest absolute Gasteiger partial charge is 0.356 e. The molecule has 1 aliphatic heterocycles. The monoisotopic (exact) mass is 394 g/mol. The zero-order chi connectivity index (χ0) is 20.5. The molecule has 0 aromatic carbocycles. The molecule has 0 N–H and O–H groups in total. The summed E-state index contributed by atoms with van der Waals surface area (Å²) in [5, 5.41) is 8.28. The summed E-state index contributed by atoms with van der Waals surface area (Å²) >= 11 is 0. The molecule has 0 spiro atoms. The molecule has 29 heavy (non-hydrogen) atoms. The van der Waals surface area contributed by atoms with Crippen molar-refractivity contribution >= 4 is 5.91 Å². The van der Waals surface area contributed by atoms with E-state index in [0.717, 1.165) is 35.6 Å². The second-order valence-corrected chi connectivity index (χ2v) is 7.92. The summed E-state index contributed by atoms with van der Waals surface area (Å²) < 4.78 is 7.27. The second-order valence-electron chi connectivity index (χ2n) is 7.92. The smallest absolute Gasteiger partial charge is 0.257 e. The third-order valence-electron chi connectivity index (χ3n) is 5.38. The first-order valence-corrected chi connectivity index (χ1v) is 10.0. The van der Waals surface area contributed by atoms with Gasteiger partial charge in [-0.05, 0) is 40.5 Å². The first-order chi connectivity index (χ1) is 13.9. The average molecular weight is 394 g/mol. The van der Waals surface area contributed by atoms with Crippen LogP contribution in [-0.4, -0.2) is 48.8 Å². The summed E-state index contributed by atoms with van der Waals surface area (Å²) in [6, 6.07) is 2.14. The van der Waals surface area contributed by atoms with E-state index in [4.69, 9.17) is 9.51 Å². The lowest BCUT2D eigenvalue weighted by Crippen LogP contribution is -2.38. The van der Waals surface area contributed by atoms with Gasteiger partial charge in [0, 0.05) is 43.5 Å². The van der Waals surface area contributed by atoms with E-state index in [2.05, 4.69) is 15.2 Å². The van der Waals surface area contributed by atoms with Gasteiger partial charge in [-0.15, -0.1) is 0 Å². The van der Waals surface area contributed by atoms with E-state index in [0.29, 0.717) is 24.4 Å². The van der Waals surface area contributed by atoms with Crippen LogP contribution in [0.3, 0.4) is 0 Å². The molecule has 1 aliphatic rings. The molecule has 0 atom stereocenters. The summed E-state index contributed by atoms with van der Waals surface area (Å²) in [6.07, 6.45) is 7.00. The molecule has 1 fully saturated rings. The van der Waals surface area contributed by atoms with Gasteiger partial charge in [-0.3, -0.25) is 9.48 Å². The van der Waals surface area contributed by atoms with Crippen LogP contribution < -0.4 is 0 Å². The van der Waals surface area contributed by atoms with Gasteiger partial charge in [-0.1, -0.05) is 5.16 Å². The van der Waals surface area contributed by atoms with E-state index < -0.39 is 0 Å². The molecule has 1 amide bonds. The number of likely N-dealkylation sites (tertiary alicyclic amines) is 1. The second kappa shape index (κ2) is 7.77. The summed E-state index contributed by atoms with van der Waals surface area (Å²) in [6.45, 7) is 9.26. The molecule has 0 unspecified atom stereocenters. The van der Waals surface area contributed by atoms with Gasteiger partial charge in [-0.2, -0.15) is 5.10 Å². The molecule has 8 nitrogen and oxygen atoms in total. The van der Waals surface area contributed by atoms with Gasteiger partial charge in [0.1, 0.15) is 5.82 Å². The quantitative estimate of drug-likeness (QED) is 0.672. The number of aryl methyl sites for hydroxylation is 2. The van der Waals surface area contributed by atoms with Crippen LogP contribution in [0.1, 0.15) is 66.2 Å². The first-order valence-electron chi connectivity index (χ1n) is 10.0. The number of aromatic nitrogens is 5. The topological polar surface area (TPSA) is 89.9 Å². The molecule has 152 valence electrons. The predicted octanol–water partition coefficient (Wildman–Crippen LogP) is 3.55. The zero-order valence-corrected chi connectivity index (χ0v) is 17.3. The number of nitrogens with zero attached hydrogens (tertiary/aromatic N) is 6. The molecule has 0 aliphatic carbocycles. The van der Waals surface area contributed by atoms with Crippen molar-refractivity contribution in [3.8, 4) is 11.3 Å². The van der Waals surface area contributed by atoms with Crippen molar-refractivity contribution in [1.82, 2.24) is 29.8 Å². The van der Waals surface area contributed by atoms with Crippen molar-refractivity contribution in [1.29, 1.82) is 0 Å². The van der Waals surface area contributed by atoms with E-state index in [9.17, 15) is 4.79 Å². The Bertz CT molecular complexity index is 1010. The van der Waals surface area contributed by atoms with Gasteiger partial charge in [0.15, 0.2) is 5.76 Å². The lowest BCUT2D eigenvalue weighted by Gasteiger charge is -2.32. The van der Waals surface area contributed by atoms with Crippen LogP contribution in [0, 0.1) is 13.8 Å². The molecule has 8 heteroatoms. The first kappa shape index (κ1) is 19.3. The fourth-order valence-electron chi connectivity index (χ4n) is 3.75. The summed E-state index contributed by atoms with van der Waals surface area (Å²) in [5.74, 6) is 1.72. The van der Waals surface area contributed by atoms with Crippen LogP contribution in [0.5, 0.6) is 0 Å². The number of amides is 1. The summed E-state index contributed by atoms with van der Waals surface area (Å²) in [4.78, 5) is 23.8. The lowest BCUT2D eigenvalue weighted by atomic mass is 9.90. The summed E-state index contributed by atoms with van der Waals surface area (Å²) in [5.41, 5.74) is 3.34. The average Bonchev–Trinajstić information content (AvgIpc) is 3.37. The van der Waals surface area contributed by atoms with E-state index in [1.807, 2.05) is 55.7 Å². The van der Waals surface area contributed by atoms with E-state index >= 15 is 0 Å². The highest BCUT2D eigenvalue weighted by atomic mass is 16.5. The number of hydrogen-bond acceptors (Lipinski definition) is 6. The van der Waals surface area contributed by atoms with Crippen molar-refractivity contribution < 1.29 is 9.32 Å². The van der Waals surface area contributed by atoms with Gasteiger partial charge < -0.3 is 9.42 Å². The molecular formula is C21H26N6O2. The molecule has 3 aromatic heterocycles. The Morgan fingerprint density at radius 2 is 1.97 bits per heavy atom. The Morgan fingerprint density at radius 3 is 2.59 bits per heavy atom. The number of hydrogen-bond donors (Lipinski definition) is 0. The highest BCUT2D eigenvalue weighted by Crippen LogP contribution is 2.34. The number of carbonyl (C=O) groups is 1. The standard InChI is InChI=1S/C21H26N6O2/c1-13(2)27-12-17(10-23-27)21(28)26-7-5-16(6-8-26)20-18(11-22-15(4)24-20)19-9-14(3)25-29-19/h9-13,16H,5-8H2,1-4H3. The van der Waals surface area contributed by atoms with Crippen molar-refractivity contribution in [2.75, 3.05) is 13.1 Å². The Labute approximate surface area is 169 Å². The van der Waals surface area contributed by atoms with Crippen LogP contribution in [-0.2, 0) is 0 Å². The number of rotatable bonds is 4. The molecule has 4 heterocycles. The van der Waals surface area contributed by atoms with Gasteiger partial charge in [0.05, 0.1) is 28.7 Å². The van der Waals surface area contributed by atoms with Crippen molar-refractivity contribution in [3.63, 3.8) is 0 Å². The normalized spacial score (nSPS) is 15.3. The Hall–Kier alpha value is -3.03. The third-order valence-corrected chi connectivity index (χ3v) is 5.38. The number of piperidine rings is 1. The van der Waals surface area contributed by atoms with E-state index in [1.165, 1.54) is 0 Å². The van der Waals surface area contributed by atoms with Crippen molar-refractivity contribution in [2.24, 2.45) is 0 Å². The maximum Gasteiger partial charge on any atom is 0.257 e. The van der Waals surface area contributed by atoms with Crippen molar-refractivity contribution in [2.45, 2.75) is 52.5 Å². The molecule has 1 saturated heterocycles. The summed E-state index contributed by atoms with van der Waals surface area (Å²) in [7, 11) is 0. The van der Waals surface area contributed by atoms with Crippen molar-refractivity contribution in [3.05, 3.63) is 47.4 Å². The van der Waals surface area contributed by atoms with Crippen LogP contribution in [0.25, 0.3) is 11.3 Å². The van der Waals surface area contributed by atoms with Crippen LogP contribution in [0.4, 0.5) is 0 Å². The van der Waals surface area contributed by atoms with Crippen LogP contribution >= 0.6 is 0 Å². The molecule has 0 bridgehead atoms. The highest BCUT2D eigenvalue weighted by molar-refractivity contribution is 5.93. The minimum Gasteiger partial charge on any atom is -0.356 e. The fraction of sp³-hybridized carbons (Fsp3) is 0.476. The number of carbonyl (C=O) groups excluding carboxylic acids is 1. The van der Waals surface area contributed by atoms with Gasteiger partial charge >= 0.3 is 0 Å². The maximum atomic E-state index is 12.8. The van der Waals surface area contributed by atoms with Crippen LogP contribution in [0.2, 0.25) is 0 Å². The Balaban J connectivity index is 1.50. The third kappa shape index (κ3) is 3.92. The molecule has 4 rings (SSSR count). The molecule has 0 saturated carbocycles. The minimum atomic E-state index is 0.0419. The maximum absolute atomic E-state index is 12.8. The molecule has 3 aromatic rings. The SMILES string of the molecule is Cc1cc(-c2cnc(C)nc2C2CCN(C(=O)c3cnn(C(C)C)c3)CC2)on1. The van der Waals surface area contributed by atoms with Gasteiger partial charge in [0.25, 0.3) is 5.91 Å². The molecule has 0 radical (unpaired) electrons. The predicted molar refractivity (Wildman–Crippen MR) is 107 cm³/mol. The Morgan fingerprint density at radius 1 is 1.21 bits per heavy atom. The van der Waals surface area contributed by atoms with Gasteiger partial charge in [0.2, 0.25) is 0 Å². The molecular weight excluding hydrogens is 368 g/mol. The highest BCUT2D eigenvalue weighted by Gasteiger charge is 2.28. The zero-order valence-electron chi connectivity index (χ0n) is 17.3. The lowest BCUT2D eigenvalue weighted by molar-refractivity contribution is 0.0712. The van der Waals surface area contributed by atoms with Crippen LogP contribution in [0.15, 0.2) is 29.2 Å². The van der Waals surface area contributed by atoms with E-state index in [1.54, 1.807) is 6.20 Å².